The van der Waals surface area contributed by atoms with Crippen LogP contribution in [0.4, 0.5) is 0 Å². The van der Waals surface area contributed by atoms with Crippen LogP contribution in [0, 0.1) is 0 Å². The summed E-state index contributed by atoms with van der Waals surface area (Å²) >= 11 is 0. The summed E-state index contributed by atoms with van der Waals surface area (Å²) in [5, 5.41) is 10.4. The highest BCUT2D eigenvalue weighted by Gasteiger charge is 2.14. The Hall–Kier alpha value is -2.04. The van der Waals surface area contributed by atoms with Crippen molar-refractivity contribution in [2.24, 2.45) is 0 Å². The maximum atomic E-state index is 10.4. The van der Waals surface area contributed by atoms with Crippen molar-refractivity contribution in [2.45, 2.75) is 25.6 Å². The molecule has 0 heterocycles. The zero-order valence-electron chi connectivity index (χ0n) is 13.7. The largest absolute Gasteiger partial charge is 0.497 e. The molecular weight excluding hydrogens is 292 g/mol. The third-order valence-corrected chi connectivity index (χ3v) is 3.67. The van der Waals surface area contributed by atoms with Crippen molar-refractivity contribution in [2.75, 3.05) is 20.8 Å². The fraction of sp³-hybridized carbons (Fsp3) is 0.368. The molecule has 4 heteroatoms. The van der Waals surface area contributed by atoms with Gasteiger partial charge in [-0.2, -0.15) is 0 Å². The summed E-state index contributed by atoms with van der Waals surface area (Å²) in [5.41, 5.74) is 1.90. The SMILES string of the molecule is COc1ccc(OC)c(C(O)CCCOCc2ccccc2)c1. The average Bonchev–Trinajstić information content (AvgIpc) is 2.61. The van der Waals surface area contributed by atoms with Crippen molar-refractivity contribution in [3.8, 4) is 11.5 Å². The van der Waals surface area contributed by atoms with Crippen molar-refractivity contribution in [3.05, 3.63) is 59.7 Å². The summed E-state index contributed by atoms with van der Waals surface area (Å²) < 4.78 is 16.2. The van der Waals surface area contributed by atoms with Crippen molar-refractivity contribution in [1.29, 1.82) is 0 Å². The molecule has 2 aromatic carbocycles. The third-order valence-electron chi connectivity index (χ3n) is 3.67. The van der Waals surface area contributed by atoms with E-state index in [1.54, 1.807) is 14.2 Å². The molecule has 23 heavy (non-hydrogen) atoms. The lowest BCUT2D eigenvalue weighted by Crippen LogP contribution is -2.04. The smallest absolute Gasteiger partial charge is 0.124 e. The van der Waals surface area contributed by atoms with Crippen LogP contribution >= 0.6 is 0 Å². The second kappa shape index (κ2) is 9.18. The summed E-state index contributed by atoms with van der Waals surface area (Å²) in [4.78, 5) is 0. The Morgan fingerprint density at radius 1 is 1.00 bits per heavy atom. The molecule has 4 nitrogen and oxygen atoms in total. The third kappa shape index (κ3) is 5.27. The highest BCUT2D eigenvalue weighted by atomic mass is 16.5. The van der Waals surface area contributed by atoms with Crippen molar-refractivity contribution in [3.63, 3.8) is 0 Å². The number of hydrogen-bond acceptors (Lipinski definition) is 4. The summed E-state index contributed by atoms with van der Waals surface area (Å²) in [5.74, 6) is 1.38. The van der Waals surface area contributed by atoms with Crippen LogP contribution in [0.25, 0.3) is 0 Å². The minimum Gasteiger partial charge on any atom is -0.497 e. The number of ether oxygens (including phenoxy) is 3. The monoisotopic (exact) mass is 316 g/mol. The van der Waals surface area contributed by atoms with Crippen LogP contribution in [0.5, 0.6) is 11.5 Å². The Bertz CT molecular complexity index is 583. The first-order valence-electron chi connectivity index (χ1n) is 7.76. The molecular formula is C19H24O4. The van der Waals surface area contributed by atoms with E-state index in [4.69, 9.17) is 14.2 Å². The molecule has 1 atom stereocenters. The molecule has 0 radical (unpaired) electrons. The van der Waals surface area contributed by atoms with Gasteiger partial charge in [0.25, 0.3) is 0 Å². The van der Waals surface area contributed by atoms with E-state index in [2.05, 4.69) is 0 Å². The summed E-state index contributed by atoms with van der Waals surface area (Å²) in [6, 6.07) is 15.5. The van der Waals surface area contributed by atoms with Crippen molar-refractivity contribution >= 4 is 0 Å². The molecule has 0 aliphatic heterocycles. The average molecular weight is 316 g/mol. The zero-order chi connectivity index (χ0) is 16.5. The molecule has 1 N–H and O–H groups in total. The molecule has 0 aliphatic carbocycles. The number of methoxy groups -OCH3 is 2. The molecule has 2 rings (SSSR count). The normalized spacial score (nSPS) is 12.0. The van der Waals surface area contributed by atoms with Crippen molar-refractivity contribution < 1.29 is 19.3 Å². The maximum absolute atomic E-state index is 10.4. The lowest BCUT2D eigenvalue weighted by atomic mass is 10.0. The molecule has 0 amide bonds. The van der Waals surface area contributed by atoms with Crippen LogP contribution < -0.4 is 9.47 Å². The molecule has 2 aromatic rings. The van der Waals surface area contributed by atoms with Crippen LogP contribution in [0.2, 0.25) is 0 Å². The Morgan fingerprint density at radius 3 is 2.48 bits per heavy atom. The van der Waals surface area contributed by atoms with Gasteiger partial charge in [0, 0.05) is 12.2 Å². The molecule has 0 saturated heterocycles. The second-order valence-corrected chi connectivity index (χ2v) is 5.30. The number of hydrogen-bond donors (Lipinski definition) is 1. The van der Waals surface area contributed by atoms with Gasteiger partial charge in [-0.3, -0.25) is 0 Å². The highest BCUT2D eigenvalue weighted by molar-refractivity contribution is 5.41. The molecule has 0 saturated carbocycles. The van der Waals surface area contributed by atoms with Crippen LogP contribution in [0.1, 0.15) is 30.1 Å². The van der Waals surface area contributed by atoms with Crippen molar-refractivity contribution in [1.82, 2.24) is 0 Å². The fourth-order valence-electron chi connectivity index (χ4n) is 2.40. The first kappa shape index (κ1) is 17.3. The Balaban J connectivity index is 1.79. The van der Waals surface area contributed by atoms with Gasteiger partial charge in [0.05, 0.1) is 26.9 Å². The van der Waals surface area contributed by atoms with Gasteiger partial charge >= 0.3 is 0 Å². The molecule has 0 bridgehead atoms. The molecule has 0 aromatic heterocycles. The van der Waals surface area contributed by atoms with E-state index in [-0.39, 0.29) is 0 Å². The topological polar surface area (TPSA) is 47.9 Å². The Kier molecular flexibility index (Phi) is 6.91. The predicted molar refractivity (Wildman–Crippen MR) is 89.8 cm³/mol. The van der Waals surface area contributed by atoms with Crippen LogP contribution in [0.15, 0.2) is 48.5 Å². The Labute approximate surface area is 137 Å². The van der Waals surface area contributed by atoms with E-state index in [0.717, 1.165) is 17.5 Å². The lowest BCUT2D eigenvalue weighted by molar-refractivity contribution is 0.0964. The summed E-state index contributed by atoms with van der Waals surface area (Å²) in [7, 11) is 3.20. The zero-order valence-corrected chi connectivity index (χ0v) is 13.7. The van der Waals surface area contributed by atoms with E-state index in [1.165, 1.54) is 0 Å². The van der Waals surface area contributed by atoms with Crippen LogP contribution in [0.3, 0.4) is 0 Å². The van der Waals surface area contributed by atoms with E-state index in [0.29, 0.717) is 31.1 Å². The van der Waals surface area contributed by atoms with Gasteiger partial charge in [-0.25, -0.2) is 0 Å². The lowest BCUT2D eigenvalue weighted by Gasteiger charge is -2.16. The van der Waals surface area contributed by atoms with Gasteiger partial charge in [0.15, 0.2) is 0 Å². The van der Waals surface area contributed by atoms with Gasteiger partial charge in [-0.15, -0.1) is 0 Å². The summed E-state index contributed by atoms with van der Waals surface area (Å²) in [6.07, 6.45) is 0.785. The quantitative estimate of drug-likeness (QED) is 0.716. The fourth-order valence-corrected chi connectivity index (χ4v) is 2.40. The van der Waals surface area contributed by atoms with Gasteiger partial charge in [0.1, 0.15) is 11.5 Å². The number of benzene rings is 2. The number of aliphatic hydroxyl groups is 1. The highest BCUT2D eigenvalue weighted by Crippen LogP contribution is 2.31. The molecule has 0 spiro atoms. The standard InChI is InChI=1S/C19H24O4/c1-21-16-10-11-19(22-2)17(13-16)18(20)9-6-12-23-14-15-7-4-3-5-8-15/h3-5,7-8,10-11,13,18,20H,6,9,12,14H2,1-2H3. The van der Waals surface area contributed by atoms with Gasteiger partial charge in [-0.05, 0) is 36.6 Å². The first-order valence-corrected chi connectivity index (χ1v) is 7.76. The summed E-state index contributed by atoms with van der Waals surface area (Å²) in [6.45, 7) is 1.21. The second-order valence-electron chi connectivity index (χ2n) is 5.30. The predicted octanol–water partition coefficient (Wildman–Crippen LogP) is 3.73. The van der Waals surface area contributed by atoms with E-state index < -0.39 is 6.10 Å². The minimum absolute atomic E-state index is 0.597. The number of aliphatic hydroxyl groups excluding tert-OH is 1. The maximum Gasteiger partial charge on any atom is 0.124 e. The number of rotatable bonds is 9. The van der Waals surface area contributed by atoms with E-state index >= 15 is 0 Å². The Morgan fingerprint density at radius 2 is 1.78 bits per heavy atom. The van der Waals surface area contributed by atoms with Gasteiger partial charge in [0.2, 0.25) is 0 Å². The van der Waals surface area contributed by atoms with Crippen LogP contribution in [-0.2, 0) is 11.3 Å². The molecule has 124 valence electrons. The van der Waals surface area contributed by atoms with Crippen LogP contribution in [-0.4, -0.2) is 25.9 Å². The van der Waals surface area contributed by atoms with Gasteiger partial charge in [-0.1, -0.05) is 30.3 Å². The van der Waals surface area contributed by atoms with Gasteiger partial charge < -0.3 is 19.3 Å². The van der Waals surface area contributed by atoms with E-state index in [9.17, 15) is 5.11 Å². The first-order chi connectivity index (χ1) is 11.2. The molecule has 1 unspecified atom stereocenters. The molecule has 0 fully saturated rings. The molecule has 0 aliphatic rings. The van der Waals surface area contributed by atoms with E-state index in [1.807, 2.05) is 48.5 Å². The minimum atomic E-state index is -0.597.